The van der Waals surface area contributed by atoms with Crippen LogP contribution in [0.1, 0.15) is 40.0 Å². The number of carboxylic acid groups (broad SMARTS) is 1. The van der Waals surface area contributed by atoms with Gasteiger partial charge in [-0.25, -0.2) is 0 Å². The molecule has 3 atom stereocenters. The highest BCUT2D eigenvalue weighted by molar-refractivity contribution is 5.83. The third-order valence-electron chi connectivity index (χ3n) is 4.39. The summed E-state index contributed by atoms with van der Waals surface area (Å²) in [4.78, 5) is 63.0. The van der Waals surface area contributed by atoms with Gasteiger partial charge in [0.1, 0.15) is 12.1 Å². The smallest absolute Gasteiger partial charge is 0.303 e. The average Bonchev–Trinajstić information content (AvgIpc) is 2.92. The molecule has 0 aromatic heterocycles. The lowest BCUT2D eigenvalue weighted by molar-refractivity contribution is -0.136. The summed E-state index contributed by atoms with van der Waals surface area (Å²) in [5.41, 5.74) is 15.3. The van der Waals surface area contributed by atoms with Crippen LogP contribution in [0.4, 0.5) is 0 Å². The zero-order chi connectivity index (χ0) is 30.7. The fourth-order valence-corrected chi connectivity index (χ4v) is 1.82. The summed E-state index contributed by atoms with van der Waals surface area (Å²) in [5, 5.41) is 23.4. The van der Waals surface area contributed by atoms with Gasteiger partial charge in [-0.2, -0.15) is 0 Å². The molecule has 13 N–H and O–H groups in total. The molecule has 0 rings (SSSR count). The number of nitrogens with one attached hydrogen (secondary N) is 6. The summed E-state index contributed by atoms with van der Waals surface area (Å²) in [5.74, 6) is -1.74. The molecule has 5 amide bonds. The molecule has 0 aromatic carbocycles. The molecule has 3 unspecified atom stereocenters. The molecule has 0 bridgehead atoms. The Bertz CT molecular complexity index is 690. The zero-order valence-corrected chi connectivity index (χ0v) is 23.6. The standard InChI is InChI=1S/C8H17N3O2.C6H13N3O2.C5H13N3O.C3H6O2/c1-4-7(12)11-5-6(9-2)8(13)10-3;1-2-5(10)9-3-4(7)6(8)11;1-7-4(3-6)5(9)8-2;1-2-3(4)5/h6,9H,4-5H2,1-3H3,(H,10,13)(H,11,12);4H,2-3,7H2,1H3,(H2,8,11)(H,9,10);4,7H,3,6H2,1-2H3,(H,8,9);2H2,1H3,(H,4,5). The number of aliphatic carboxylic acids is 1. The molecule has 0 spiro atoms. The van der Waals surface area contributed by atoms with Crippen molar-refractivity contribution >= 4 is 35.5 Å². The van der Waals surface area contributed by atoms with Gasteiger partial charge in [0.15, 0.2) is 0 Å². The first-order valence-corrected chi connectivity index (χ1v) is 12.0. The summed E-state index contributed by atoms with van der Waals surface area (Å²) in [6.45, 7) is 5.85. The van der Waals surface area contributed by atoms with Crippen molar-refractivity contribution in [3.05, 3.63) is 0 Å². The molecule has 0 aliphatic rings. The van der Waals surface area contributed by atoms with Crippen molar-refractivity contribution in [1.29, 1.82) is 0 Å². The van der Waals surface area contributed by atoms with Crippen molar-refractivity contribution in [2.24, 2.45) is 17.2 Å². The topological polar surface area (TPSA) is 273 Å². The van der Waals surface area contributed by atoms with Gasteiger partial charge in [-0.15, -0.1) is 0 Å². The SMILES string of the molecule is CCC(=O)NCC(N)C(N)=O.CCC(=O)NCC(NC)C(=O)NC.CCC(=O)O.CNC(=O)C(CN)NC. The van der Waals surface area contributed by atoms with Gasteiger partial charge >= 0.3 is 5.97 Å². The molecule has 0 fully saturated rings. The zero-order valence-electron chi connectivity index (χ0n) is 23.6. The van der Waals surface area contributed by atoms with Gasteiger partial charge in [0, 0.05) is 53.0 Å². The Balaban J connectivity index is -0.000000212. The van der Waals surface area contributed by atoms with Crippen LogP contribution in [0.15, 0.2) is 0 Å². The van der Waals surface area contributed by atoms with Crippen LogP contribution in [0.25, 0.3) is 0 Å². The molecular weight excluding hydrogens is 502 g/mol. The number of hydrogen-bond donors (Lipinski definition) is 10. The minimum atomic E-state index is -0.787. The second kappa shape index (κ2) is 28.2. The van der Waals surface area contributed by atoms with Crippen LogP contribution in [0.2, 0.25) is 0 Å². The highest BCUT2D eigenvalue weighted by Crippen LogP contribution is 1.82. The van der Waals surface area contributed by atoms with E-state index in [4.69, 9.17) is 22.3 Å². The van der Waals surface area contributed by atoms with Crippen LogP contribution < -0.4 is 49.1 Å². The van der Waals surface area contributed by atoms with Crippen molar-refractivity contribution < 1.29 is 33.9 Å². The largest absolute Gasteiger partial charge is 0.481 e. The second-order valence-corrected chi connectivity index (χ2v) is 7.22. The summed E-state index contributed by atoms with van der Waals surface area (Å²) in [7, 11) is 6.53. The molecule has 0 radical (unpaired) electrons. The first-order chi connectivity index (χ1) is 17.8. The monoisotopic (exact) mass is 551 g/mol. The number of hydrogen-bond acceptors (Lipinski definition) is 10. The molecule has 0 heterocycles. The molecular formula is C22H49N9O7. The quantitative estimate of drug-likeness (QED) is 0.105. The van der Waals surface area contributed by atoms with Crippen molar-refractivity contribution in [3.63, 3.8) is 0 Å². The van der Waals surface area contributed by atoms with Crippen molar-refractivity contribution in [3.8, 4) is 0 Å². The van der Waals surface area contributed by atoms with E-state index < -0.39 is 17.9 Å². The summed E-state index contributed by atoms with van der Waals surface area (Å²) >= 11 is 0. The van der Waals surface area contributed by atoms with Crippen LogP contribution in [-0.4, -0.2) is 107 Å². The third-order valence-corrected chi connectivity index (χ3v) is 4.39. The fourth-order valence-electron chi connectivity index (χ4n) is 1.82. The van der Waals surface area contributed by atoms with E-state index in [9.17, 15) is 28.8 Å². The van der Waals surface area contributed by atoms with Gasteiger partial charge in [-0.05, 0) is 14.1 Å². The molecule has 16 heteroatoms. The van der Waals surface area contributed by atoms with E-state index >= 15 is 0 Å². The van der Waals surface area contributed by atoms with E-state index in [2.05, 4.69) is 31.9 Å². The maximum Gasteiger partial charge on any atom is 0.303 e. The van der Waals surface area contributed by atoms with Crippen LogP contribution in [0.3, 0.4) is 0 Å². The Kier molecular flexibility index (Phi) is 31.0. The van der Waals surface area contributed by atoms with Crippen molar-refractivity contribution in [1.82, 2.24) is 31.9 Å². The summed E-state index contributed by atoms with van der Waals surface area (Å²) in [6.07, 6.45) is 1.04. The van der Waals surface area contributed by atoms with Crippen LogP contribution >= 0.6 is 0 Å². The van der Waals surface area contributed by atoms with E-state index in [1.165, 1.54) is 0 Å². The van der Waals surface area contributed by atoms with Crippen LogP contribution in [0.5, 0.6) is 0 Å². The van der Waals surface area contributed by atoms with Gasteiger partial charge in [0.05, 0.1) is 6.04 Å². The van der Waals surface area contributed by atoms with Gasteiger partial charge in [0.2, 0.25) is 29.5 Å². The lowest BCUT2D eigenvalue weighted by Gasteiger charge is -2.14. The van der Waals surface area contributed by atoms with E-state index in [1.54, 1.807) is 49.0 Å². The molecule has 0 aliphatic heterocycles. The summed E-state index contributed by atoms with van der Waals surface area (Å²) in [6, 6.07) is -1.40. The van der Waals surface area contributed by atoms with Gasteiger partial charge < -0.3 is 54.2 Å². The highest BCUT2D eigenvalue weighted by Gasteiger charge is 2.14. The molecule has 0 aromatic rings. The third kappa shape index (κ3) is 27.3. The molecule has 16 nitrogen and oxygen atoms in total. The van der Waals surface area contributed by atoms with E-state index in [0.29, 0.717) is 25.9 Å². The lowest BCUT2D eigenvalue weighted by atomic mass is 10.2. The first-order valence-electron chi connectivity index (χ1n) is 12.0. The van der Waals surface area contributed by atoms with Crippen LogP contribution in [-0.2, 0) is 28.8 Å². The molecule has 224 valence electrons. The number of carbonyl (C=O) groups excluding carboxylic acids is 5. The van der Waals surface area contributed by atoms with Crippen molar-refractivity contribution in [2.45, 2.75) is 58.2 Å². The number of nitrogens with two attached hydrogens (primary N) is 3. The minimum absolute atomic E-state index is 0.0517. The molecule has 0 saturated heterocycles. The van der Waals surface area contributed by atoms with Crippen LogP contribution in [0, 0.1) is 0 Å². The fraction of sp³-hybridized carbons (Fsp3) is 0.727. The minimum Gasteiger partial charge on any atom is -0.481 e. The maximum absolute atomic E-state index is 11.1. The normalized spacial score (nSPS) is 11.6. The number of primary amides is 1. The number of carbonyl (C=O) groups is 6. The number of likely N-dealkylation sites (N-methyl/N-ethyl adjacent to an activating group) is 4. The Hall–Kier alpha value is -3.34. The van der Waals surface area contributed by atoms with Gasteiger partial charge in [0.25, 0.3) is 0 Å². The van der Waals surface area contributed by atoms with E-state index in [1.807, 2.05) is 0 Å². The van der Waals surface area contributed by atoms with Gasteiger partial charge in [-0.3, -0.25) is 28.8 Å². The number of carboxylic acids is 1. The molecule has 0 aliphatic carbocycles. The molecule has 38 heavy (non-hydrogen) atoms. The Morgan fingerprint density at radius 2 is 1.08 bits per heavy atom. The highest BCUT2D eigenvalue weighted by atomic mass is 16.4. The van der Waals surface area contributed by atoms with E-state index in [0.717, 1.165) is 0 Å². The summed E-state index contributed by atoms with van der Waals surface area (Å²) < 4.78 is 0. The Morgan fingerprint density at radius 3 is 1.32 bits per heavy atom. The lowest BCUT2D eigenvalue weighted by Crippen LogP contribution is -2.48. The second-order valence-electron chi connectivity index (χ2n) is 7.22. The maximum atomic E-state index is 11.1. The molecule has 0 saturated carbocycles. The van der Waals surface area contributed by atoms with E-state index in [-0.39, 0.29) is 48.7 Å². The van der Waals surface area contributed by atoms with Gasteiger partial charge in [-0.1, -0.05) is 20.8 Å². The average molecular weight is 552 g/mol. The Morgan fingerprint density at radius 1 is 0.711 bits per heavy atom. The first kappa shape index (κ1) is 41.8. The predicted octanol–water partition coefficient (Wildman–Crippen LogP) is -4.07. The predicted molar refractivity (Wildman–Crippen MR) is 145 cm³/mol. The number of amides is 5. The van der Waals surface area contributed by atoms with Crippen molar-refractivity contribution in [2.75, 3.05) is 47.8 Å². The Labute approximate surface area is 225 Å². The number of rotatable bonds is 13.